The molecule has 0 spiro atoms. The van der Waals surface area contributed by atoms with Gasteiger partial charge < -0.3 is 10.5 Å². The number of hydrogen-bond donors (Lipinski definition) is 1. The molecule has 1 atom stereocenters. The van der Waals surface area contributed by atoms with Gasteiger partial charge in [-0.1, -0.05) is 13.8 Å². The molecule has 1 unspecified atom stereocenters. The molecule has 98 valence electrons. The van der Waals surface area contributed by atoms with Gasteiger partial charge in [-0.15, -0.1) is 0 Å². The van der Waals surface area contributed by atoms with Crippen LogP contribution in [0.2, 0.25) is 0 Å². The fourth-order valence-corrected chi connectivity index (χ4v) is 2.41. The minimum atomic E-state index is -0.0902. The molecule has 0 saturated carbocycles. The monoisotopic (exact) mass is 247 g/mol. The second-order valence-corrected chi connectivity index (χ2v) is 5.22. The molecule has 3 nitrogen and oxygen atoms in total. The number of rotatable bonds is 4. The Morgan fingerprint density at radius 2 is 2.22 bits per heavy atom. The Morgan fingerprint density at radius 1 is 1.44 bits per heavy atom. The van der Waals surface area contributed by atoms with Gasteiger partial charge in [0.15, 0.2) is 5.78 Å². The number of hydrogen-bond acceptors (Lipinski definition) is 3. The van der Waals surface area contributed by atoms with Crippen LogP contribution in [0, 0.1) is 11.8 Å². The number of nitrogens with two attached hydrogens (primary N) is 1. The third-order valence-corrected chi connectivity index (χ3v) is 3.59. The minimum Gasteiger partial charge on any atom is -0.493 e. The highest BCUT2D eigenvalue weighted by atomic mass is 16.5. The first-order valence-electron chi connectivity index (χ1n) is 6.63. The fraction of sp³-hybridized carbons (Fsp3) is 0.533. The average Bonchev–Trinajstić information content (AvgIpc) is 2.38. The summed E-state index contributed by atoms with van der Waals surface area (Å²) >= 11 is 0. The Bertz CT molecular complexity index is 440. The van der Waals surface area contributed by atoms with Gasteiger partial charge in [-0.05, 0) is 42.5 Å². The quantitative estimate of drug-likeness (QED) is 0.831. The van der Waals surface area contributed by atoms with Crippen molar-refractivity contribution in [2.45, 2.75) is 26.7 Å². The van der Waals surface area contributed by atoms with Crippen molar-refractivity contribution in [2.24, 2.45) is 17.6 Å². The van der Waals surface area contributed by atoms with Crippen LogP contribution in [0.3, 0.4) is 0 Å². The maximum absolute atomic E-state index is 12.4. The Morgan fingerprint density at radius 3 is 2.89 bits per heavy atom. The third kappa shape index (κ3) is 2.56. The van der Waals surface area contributed by atoms with Crippen LogP contribution in [0.15, 0.2) is 18.2 Å². The Labute approximate surface area is 108 Å². The molecule has 18 heavy (non-hydrogen) atoms. The molecule has 3 heteroatoms. The Hall–Kier alpha value is -1.35. The second-order valence-electron chi connectivity index (χ2n) is 5.22. The largest absolute Gasteiger partial charge is 0.493 e. The first-order chi connectivity index (χ1) is 8.63. The van der Waals surface area contributed by atoms with E-state index in [0.29, 0.717) is 6.54 Å². The smallest absolute Gasteiger partial charge is 0.167 e. The highest BCUT2D eigenvalue weighted by Gasteiger charge is 2.23. The summed E-state index contributed by atoms with van der Waals surface area (Å²) in [7, 11) is 0. The molecule has 0 fully saturated rings. The molecule has 1 aromatic rings. The van der Waals surface area contributed by atoms with Crippen molar-refractivity contribution < 1.29 is 9.53 Å². The van der Waals surface area contributed by atoms with Crippen molar-refractivity contribution >= 4 is 5.78 Å². The number of fused-ring (bicyclic) bond motifs is 1. The van der Waals surface area contributed by atoms with E-state index in [4.69, 9.17) is 10.5 Å². The van der Waals surface area contributed by atoms with E-state index in [9.17, 15) is 4.79 Å². The zero-order valence-electron chi connectivity index (χ0n) is 11.1. The van der Waals surface area contributed by atoms with E-state index in [1.54, 1.807) is 0 Å². The van der Waals surface area contributed by atoms with Crippen LogP contribution in [0.25, 0.3) is 0 Å². The predicted octanol–water partition coefficient (Wildman–Crippen LogP) is 2.43. The van der Waals surface area contributed by atoms with Crippen molar-refractivity contribution in [3.8, 4) is 5.75 Å². The summed E-state index contributed by atoms with van der Waals surface area (Å²) in [6, 6.07) is 5.75. The van der Waals surface area contributed by atoms with E-state index in [1.165, 1.54) is 0 Å². The van der Waals surface area contributed by atoms with Gasteiger partial charge in [0, 0.05) is 18.0 Å². The molecule has 1 aliphatic rings. The number of aryl methyl sites for hydroxylation is 1. The summed E-state index contributed by atoms with van der Waals surface area (Å²) < 4.78 is 5.56. The molecular weight excluding hydrogens is 226 g/mol. The van der Waals surface area contributed by atoms with Gasteiger partial charge >= 0.3 is 0 Å². The van der Waals surface area contributed by atoms with Crippen LogP contribution in [0.1, 0.15) is 36.2 Å². The SMILES string of the molecule is CC(C)C(CN)C(=O)c1ccc2c(c1)CCCO2. The van der Waals surface area contributed by atoms with Crippen LogP contribution in [0.4, 0.5) is 0 Å². The molecule has 0 aliphatic carbocycles. The first kappa shape index (κ1) is 13.1. The molecule has 2 rings (SSSR count). The Balaban J connectivity index is 2.25. The molecule has 2 N–H and O–H groups in total. The van der Waals surface area contributed by atoms with E-state index in [2.05, 4.69) is 0 Å². The highest BCUT2D eigenvalue weighted by Crippen LogP contribution is 2.27. The van der Waals surface area contributed by atoms with E-state index in [1.807, 2.05) is 32.0 Å². The van der Waals surface area contributed by atoms with Gasteiger partial charge in [0.25, 0.3) is 0 Å². The van der Waals surface area contributed by atoms with Crippen LogP contribution in [0.5, 0.6) is 5.75 Å². The highest BCUT2D eigenvalue weighted by molar-refractivity contribution is 5.98. The van der Waals surface area contributed by atoms with Crippen molar-refractivity contribution in [3.63, 3.8) is 0 Å². The molecular formula is C15H21NO2. The fourth-order valence-electron chi connectivity index (χ4n) is 2.41. The normalized spacial score (nSPS) is 16.0. The van der Waals surface area contributed by atoms with E-state index < -0.39 is 0 Å². The average molecular weight is 247 g/mol. The lowest BCUT2D eigenvalue weighted by molar-refractivity contribution is 0.0892. The Kier molecular flexibility index (Phi) is 4.02. The zero-order chi connectivity index (χ0) is 13.1. The maximum atomic E-state index is 12.4. The molecule has 1 heterocycles. The number of ketones is 1. The molecule has 0 saturated heterocycles. The minimum absolute atomic E-state index is 0.0902. The maximum Gasteiger partial charge on any atom is 0.167 e. The summed E-state index contributed by atoms with van der Waals surface area (Å²) in [5.74, 6) is 1.26. The molecule has 1 aromatic carbocycles. The van der Waals surface area contributed by atoms with Gasteiger partial charge in [0.05, 0.1) is 6.61 Å². The standard InChI is InChI=1S/C15H21NO2/c1-10(2)13(9-16)15(17)12-5-6-14-11(8-12)4-3-7-18-14/h5-6,8,10,13H,3-4,7,9,16H2,1-2H3. The van der Waals surface area contributed by atoms with Gasteiger partial charge in [0.2, 0.25) is 0 Å². The third-order valence-electron chi connectivity index (χ3n) is 3.59. The van der Waals surface area contributed by atoms with Crippen LogP contribution >= 0.6 is 0 Å². The second kappa shape index (κ2) is 5.53. The number of carbonyl (C=O) groups is 1. The van der Waals surface area contributed by atoms with Crippen molar-refractivity contribution in [1.29, 1.82) is 0 Å². The lowest BCUT2D eigenvalue weighted by Crippen LogP contribution is -2.28. The summed E-state index contributed by atoms with van der Waals surface area (Å²) in [4.78, 5) is 12.4. The van der Waals surface area contributed by atoms with Crippen LogP contribution in [-0.4, -0.2) is 18.9 Å². The van der Waals surface area contributed by atoms with Crippen molar-refractivity contribution in [1.82, 2.24) is 0 Å². The van der Waals surface area contributed by atoms with E-state index in [0.717, 1.165) is 36.3 Å². The number of benzene rings is 1. The molecule has 0 aromatic heterocycles. The van der Waals surface area contributed by atoms with E-state index >= 15 is 0 Å². The molecule has 0 amide bonds. The number of ether oxygens (including phenoxy) is 1. The zero-order valence-corrected chi connectivity index (χ0v) is 11.1. The van der Waals surface area contributed by atoms with Crippen LogP contribution < -0.4 is 10.5 Å². The summed E-state index contributed by atoms with van der Waals surface area (Å²) in [5, 5.41) is 0. The summed E-state index contributed by atoms with van der Waals surface area (Å²) in [5.41, 5.74) is 7.62. The summed E-state index contributed by atoms with van der Waals surface area (Å²) in [6.45, 7) is 5.26. The molecule has 1 aliphatic heterocycles. The van der Waals surface area contributed by atoms with Gasteiger partial charge in [-0.2, -0.15) is 0 Å². The van der Waals surface area contributed by atoms with Crippen molar-refractivity contribution in [3.05, 3.63) is 29.3 Å². The molecule has 0 bridgehead atoms. The predicted molar refractivity (Wildman–Crippen MR) is 72.0 cm³/mol. The number of carbonyl (C=O) groups excluding carboxylic acids is 1. The van der Waals surface area contributed by atoms with Gasteiger partial charge in [-0.25, -0.2) is 0 Å². The van der Waals surface area contributed by atoms with Crippen molar-refractivity contribution in [2.75, 3.05) is 13.2 Å². The van der Waals surface area contributed by atoms with Crippen LogP contribution in [-0.2, 0) is 6.42 Å². The topological polar surface area (TPSA) is 52.3 Å². The summed E-state index contributed by atoms with van der Waals surface area (Å²) in [6.07, 6.45) is 2.01. The lowest BCUT2D eigenvalue weighted by Gasteiger charge is -2.20. The molecule has 0 radical (unpaired) electrons. The lowest BCUT2D eigenvalue weighted by atomic mass is 9.87. The first-order valence-corrected chi connectivity index (χ1v) is 6.63. The number of Topliss-reactive ketones (excluding diaryl/α,β-unsaturated/α-hetero) is 1. The van der Waals surface area contributed by atoms with Gasteiger partial charge in [0.1, 0.15) is 5.75 Å². The van der Waals surface area contributed by atoms with E-state index in [-0.39, 0.29) is 17.6 Å². The van der Waals surface area contributed by atoms with Gasteiger partial charge in [-0.3, -0.25) is 4.79 Å².